The van der Waals surface area contributed by atoms with Crippen LogP contribution in [0.2, 0.25) is 0 Å². The lowest BCUT2D eigenvalue weighted by Gasteiger charge is -2.21. The van der Waals surface area contributed by atoms with E-state index in [9.17, 15) is 23.6 Å². The second-order valence-corrected chi connectivity index (χ2v) is 7.25. The summed E-state index contributed by atoms with van der Waals surface area (Å²) < 4.78 is 26.0. The van der Waals surface area contributed by atoms with Gasteiger partial charge in [0.05, 0.1) is 28.6 Å². The largest absolute Gasteiger partial charge is 0.395 e. The smallest absolute Gasteiger partial charge is 0.269 e. The maximum absolute atomic E-state index is 12.6. The molecule has 1 saturated heterocycles. The summed E-state index contributed by atoms with van der Waals surface area (Å²) in [4.78, 5) is 15.4. The molecule has 2 atom stereocenters. The predicted molar refractivity (Wildman–Crippen MR) is 77.3 cm³/mol. The highest BCUT2D eigenvalue weighted by Crippen LogP contribution is 2.31. The fourth-order valence-electron chi connectivity index (χ4n) is 2.25. The standard InChI is InChI=1S/C13H18N2O6S/c1-9(2)13-7-11(8-16)15(21-13)22(19,20)12-5-3-10(4-6-12)14(17)18/h3-6,9,11,13,16H,7-8H2,1-2H3/t11-,13+/m1/s1. The summed E-state index contributed by atoms with van der Waals surface area (Å²) in [5.41, 5.74) is -0.194. The Hall–Kier alpha value is -1.55. The van der Waals surface area contributed by atoms with Gasteiger partial charge in [-0.2, -0.15) is 0 Å². The summed E-state index contributed by atoms with van der Waals surface area (Å²) in [7, 11) is -3.98. The van der Waals surface area contributed by atoms with E-state index >= 15 is 0 Å². The Bertz CT molecular complexity index is 643. The number of hydroxylamine groups is 1. The quantitative estimate of drug-likeness (QED) is 0.644. The van der Waals surface area contributed by atoms with Crippen LogP contribution >= 0.6 is 0 Å². The van der Waals surface area contributed by atoms with E-state index < -0.39 is 21.0 Å². The van der Waals surface area contributed by atoms with E-state index in [2.05, 4.69) is 0 Å². The summed E-state index contributed by atoms with van der Waals surface area (Å²) in [6, 6.07) is 3.91. The van der Waals surface area contributed by atoms with Gasteiger partial charge in [0.1, 0.15) is 0 Å². The van der Waals surface area contributed by atoms with Crippen molar-refractivity contribution in [3.8, 4) is 0 Å². The molecule has 0 saturated carbocycles. The van der Waals surface area contributed by atoms with E-state index in [0.717, 1.165) is 28.7 Å². The van der Waals surface area contributed by atoms with Crippen LogP contribution in [0.25, 0.3) is 0 Å². The van der Waals surface area contributed by atoms with Crippen molar-refractivity contribution in [2.45, 2.75) is 37.3 Å². The molecule has 1 fully saturated rings. The monoisotopic (exact) mass is 330 g/mol. The molecule has 8 nitrogen and oxygen atoms in total. The van der Waals surface area contributed by atoms with Crippen molar-refractivity contribution in [3.05, 3.63) is 34.4 Å². The van der Waals surface area contributed by atoms with Crippen LogP contribution in [0.5, 0.6) is 0 Å². The van der Waals surface area contributed by atoms with Gasteiger partial charge < -0.3 is 5.11 Å². The highest BCUT2D eigenvalue weighted by molar-refractivity contribution is 7.89. The molecule has 0 bridgehead atoms. The summed E-state index contributed by atoms with van der Waals surface area (Å²) in [5.74, 6) is 0.103. The number of benzene rings is 1. The normalized spacial score (nSPS) is 23.1. The summed E-state index contributed by atoms with van der Waals surface area (Å²) in [6.07, 6.45) is 0.102. The van der Waals surface area contributed by atoms with E-state index in [4.69, 9.17) is 4.84 Å². The van der Waals surface area contributed by atoms with Crippen LogP contribution in [0.4, 0.5) is 5.69 Å². The van der Waals surface area contributed by atoms with Crippen LogP contribution in [0.1, 0.15) is 20.3 Å². The summed E-state index contributed by atoms with van der Waals surface area (Å²) >= 11 is 0. The third-order valence-electron chi connectivity index (χ3n) is 3.58. The minimum Gasteiger partial charge on any atom is -0.395 e. The Labute approximate surface area is 128 Å². The van der Waals surface area contributed by atoms with Gasteiger partial charge in [-0.3, -0.25) is 15.0 Å². The Morgan fingerprint density at radius 1 is 1.41 bits per heavy atom. The second kappa shape index (κ2) is 6.29. The maximum Gasteiger partial charge on any atom is 0.269 e. The third kappa shape index (κ3) is 3.12. The van der Waals surface area contributed by atoms with E-state index in [1.165, 1.54) is 0 Å². The van der Waals surface area contributed by atoms with Crippen molar-refractivity contribution in [1.29, 1.82) is 0 Å². The molecule has 22 heavy (non-hydrogen) atoms. The minimum atomic E-state index is -3.98. The first-order valence-electron chi connectivity index (χ1n) is 6.84. The molecule has 1 heterocycles. The van der Waals surface area contributed by atoms with Crippen molar-refractivity contribution < 1.29 is 23.3 Å². The van der Waals surface area contributed by atoms with Gasteiger partial charge in [-0.15, -0.1) is 0 Å². The van der Waals surface area contributed by atoms with Crippen LogP contribution in [0.3, 0.4) is 0 Å². The zero-order chi connectivity index (χ0) is 16.5. The lowest BCUT2D eigenvalue weighted by atomic mass is 10.0. The van der Waals surface area contributed by atoms with Crippen LogP contribution in [-0.4, -0.2) is 41.7 Å². The molecule has 1 N–H and O–H groups in total. The number of aliphatic hydroxyl groups excluding tert-OH is 1. The molecule has 122 valence electrons. The summed E-state index contributed by atoms with van der Waals surface area (Å²) in [6.45, 7) is 3.46. The molecule has 0 amide bonds. The predicted octanol–water partition coefficient (Wildman–Crippen LogP) is 1.31. The SMILES string of the molecule is CC(C)[C@@H]1C[C@H](CO)N(S(=O)(=O)c2ccc([N+](=O)[O-])cc2)O1. The Morgan fingerprint density at radius 3 is 2.45 bits per heavy atom. The van der Waals surface area contributed by atoms with Crippen LogP contribution in [-0.2, 0) is 14.9 Å². The van der Waals surface area contributed by atoms with Gasteiger partial charge in [0, 0.05) is 12.1 Å². The molecule has 1 aromatic rings. The lowest BCUT2D eigenvalue weighted by molar-refractivity contribution is -0.384. The first-order chi connectivity index (χ1) is 10.3. The molecule has 1 aliphatic rings. The van der Waals surface area contributed by atoms with Crippen molar-refractivity contribution in [3.63, 3.8) is 0 Å². The number of nitro benzene ring substituents is 1. The topological polar surface area (TPSA) is 110 Å². The average molecular weight is 330 g/mol. The molecule has 1 aliphatic heterocycles. The molecule has 0 aliphatic carbocycles. The Kier molecular flexibility index (Phi) is 4.81. The van der Waals surface area contributed by atoms with Gasteiger partial charge in [-0.25, -0.2) is 8.42 Å². The molecule has 0 radical (unpaired) electrons. The van der Waals surface area contributed by atoms with Crippen LogP contribution < -0.4 is 0 Å². The highest BCUT2D eigenvalue weighted by atomic mass is 32.2. The number of hydrogen-bond acceptors (Lipinski definition) is 6. The first kappa shape index (κ1) is 16.8. The third-order valence-corrected chi connectivity index (χ3v) is 5.30. The molecule has 2 rings (SSSR count). The number of non-ortho nitro benzene ring substituents is 1. The van der Waals surface area contributed by atoms with Crippen LogP contribution in [0, 0.1) is 16.0 Å². The number of sulfonamides is 1. The van der Waals surface area contributed by atoms with Crippen molar-refractivity contribution in [2.75, 3.05) is 6.61 Å². The van der Waals surface area contributed by atoms with Gasteiger partial charge in [-0.05, 0) is 24.5 Å². The molecule has 1 aromatic carbocycles. The summed E-state index contributed by atoms with van der Waals surface area (Å²) in [5, 5.41) is 20.0. The minimum absolute atomic E-state index is 0.103. The van der Waals surface area contributed by atoms with Gasteiger partial charge >= 0.3 is 0 Å². The molecule has 0 unspecified atom stereocenters. The number of nitro groups is 1. The van der Waals surface area contributed by atoms with Gasteiger partial charge in [0.25, 0.3) is 15.7 Å². The highest BCUT2D eigenvalue weighted by Gasteiger charge is 2.42. The van der Waals surface area contributed by atoms with E-state index in [1.807, 2.05) is 13.8 Å². The zero-order valence-corrected chi connectivity index (χ0v) is 13.1. The molecule has 9 heteroatoms. The first-order valence-corrected chi connectivity index (χ1v) is 8.28. The molecule has 0 aromatic heterocycles. The number of aliphatic hydroxyl groups is 1. The van der Waals surface area contributed by atoms with Gasteiger partial charge in [0.2, 0.25) is 0 Å². The van der Waals surface area contributed by atoms with Crippen LogP contribution in [0.15, 0.2) is 29.2 Å². The number of hydrogen-bond donors (Lipinski definition) is 1. The Morgan fingerprint density at radius 2 is 2.00 bits per heavy atom. The molecular weight excluding hydrogens is 312 g/mol. The lowest BCUT2D eigenvalue weighted by Crippen LogP contribution is -2.36. The van der Waals surface area contributed by atoms with Gasteiger partial charge in [-0.1, -0.05) is 18.3 Å². The van der Waals surface area contributed by atoms with E-state index in [-0.39, 0.29) is 29.2 Å². The van der Waals surface area contributed by atoms with Crippen molar-refractivity contribution in [2.24, 2.45) is 5.92 Å². The zero-order valence-electron chi connectivity index (χ0n) is 12.2. The van der Waals surface area contributed by atoms with E-state index in [1.54, 1.807) is 0 Å². The number of rotatable bonds is 5. The molecular formula is C13H18N2O6S. The molecule has 0 spiro atoms. The van der Waals surface area contributed by atoms with Crippen molar-refractivity contribution >= 4 is 15.7 Å². The number of nitrogens with zero attached hydrogens (tertiary/aromatic N) is 2. The fraction of sp³-hybridized carbons (Fsp3) is 0.538. The fourth-order valence-corrected chi connectivity index (χ4v) is 3.71. The maximum atomic E-state index is 12.6. The average Bonchev–Trinajstić information content (AvgIpc) is 2.92. The Balaban J connectivity index is 2.30. The van der Waals surface area contributed by atoms with Crippen molar-refractivity contribution in [1.82, 2.24) is 4.47 Å². The van der Waals surface area contributed by atoms with E-state index in [0.29, 0.717) is 6.42 Å². The van der Waals surface area contributed by atoms with Gasteiger partial charge in [0.15, 0.2) is 0 Å². The second-order valence-electron chi connectivity index (χ2n) is 5.47.